The summed E-state index contributed by atoms with van der Waals surface area (Å²) in [6, 6.07) is 27.9. The maximum atomic E-state index is 10.1. The van der Waals surface area contributed by atoms with E-state index in [1.807, 2.05) is 91.0 Å². The van der Waals surface area contributed by atoms with Crippen LogP contribution in [0.15, 0.2) is 109 Å². The Morgan fingerprint density at radius 2 is 0.647 bits per heavy atom. The van der Waals surface area contributed by atoms with Gasteiger partial charge in [0.15, 0.2) is 0 Å². The summed E-state index contributed by atoms with van der Waals surface area (Å²) in [7, 11) is 0. The second kappa shape index (κ2) is 19.4. The van der Waals surface area contributed by atoms with Crippen LogP contribution in [-0.2, 0) is 14.4 Å². The van der Waals surface area contributed by atoms with E-state index >= 15 is 0 Å². The predicted octanol–water partition coefficient (Wildman–Crippen LogP) is 5.35. The normalized spacial score (nSPS) is 9.88. The van der Waals surface area contributed by atoms with Gasteiger partial charge in [-0.1, -0.05) is 91.0 Å². The Bertz CT molecular complexity index is 934. The number of aliphatic carboxylic acids is 3. The maximum absolute atomic E-state index is 10.1. The molecule has 0 amide bonds. The monoisotopic (exact) mass is 597 g/mol. The van der Waals surface area contributed by atoms with Gasteiger partial charge in [0, 0.05) is 67.6 Å². The van der Waals surface area contributed by atoms with Gasteiger partial charge in [0.2, 0.25) is 0 Å². The van der Waals surface area contributed by atoms with Crippen molar-refractivity contribution in [3.05, 3.63) is 126 Å². The molecule has 3 rings (SSSR count). The summed E-state index contributed by atoms with van der Waals surface area (Å²) in [5.41, 5.74) is 2.69. The van der Waals surface area contributed by atoms with Gasteiger partial charge in [-0.15, -0.1) is 0 Å². The Morgan fingerprint density at radius 1 is 0.441 bits per heavy atom. The third kappa shape index (κ3) is 17.4. The Kier molecular flexibility index (Phi) is 17.6. The van der Waals surface area contributed by atoms with Gasteiger partial charge in [0.1, 0.15) is 0 Å². The maximum Gasteiger partial charge on any atom is 0.328 e. The van der Waals surface area contributed by atoms with E-state index in [0.717, 1.165) is 34.9 Å². The fourth-order valence-electron chi connectivity index (χ4n) is 2.19. The van der Waals surface area contributed by atoms with Crippen LogP contribution in [0.5, 0.6) is 0 Å². The minimum absolute atomic E-state index is 0. The third-order valence-electron chi connectivity index (χ3n) is 3.65. The van der Waals surface area contributed by atoms with Crippen LogP contribution >= 0.6 is 0 Å². The molecule has 0 fully saturated rings. The van der Waals surface area contributed by atoms with Crippen molar-refractivity contribution >= 4 is 36.1 Å². The smallest absolute Gasteiger partial charge is 0.328 e. The molecule has 3 aromatic carbocycles. The van der Waals surface area contributed by atoms with Crippen molar-refractivity contribution in [3.63, 3.8) is 0 Å². The molecule has 0 aliphatic rings. The molecule has 0 bridgehead atoms. The molecule has 0 saturated carbocycles. The average molecular weight is 596 g/mol. The fraction of sp³-hybridized carbons (Fsp3) is 0. The van der Waals surface area contributed by atoms with E-state index in [1.54, 1.807) is 18.2 Å². The summed E-state index contributed by atoms with van der Waals surface area (Å²) in [4.78, 5) is 30.3. The molecule has 6 nitrogen and oxygen atoms in total. The van der Waals surface area contributed by atoms with Crippen molar-refractivity contribution in [1.29, 1.82) is 0 Å². The second-order valence-corrected chi connectivity index (χ2v) is 6.25. The molecule has 3 aromatic rings. The average Bonchev–Trinajstić information content (AvgIpc) is 2.83. The van der Waals surface area contributed by atoms with Gasteiger partial charge in [0.05, 0.1) is 0 Å². The SMILES string of the molecule is O=C(O)C=Cc1ccccc1.O=C(O)C=Cc1ccccc1.O=C(O)C=Cc1ccccc1.[Eu]. The van der Waals surface area contributed by atoms with Crippen molar-refractivity contribution in [3.8, 4) is 0 Å². The van der Waals surface area contributed by atoms with Crippen LogP contribution in [0, 0.1) is 49.4 Å². The zero-order valence-electron chi connectivity index (χ0n) is 18.1. The van der Waals surface area contributed by atoms with Gasteiger partial charge < -0.3 is 15.3 Å². The van der Waals surface area contributed by atoms with E-state index in [2.05, 4.69) is 0 Å². The number of carboxylic acids is 3. The minimum Gasteiger partial charge on any atom is -0.478 e. The van der Waals surface area contributed by atoms with Crippen LogP contribution in [-0.4, -0.2) is 33.2 Å². The summed E-state index contributed by atoms with van der Waals surface area (Å²) in [6.07, 6.45) is 8.03. The Balaban J connectivity index is 0.000000473. The van der Waals surface area contributed by atoms with Crippen molar-refractivity contribution < 1.29 is 79.1 Å². The summed E-state index contributed by atoms with van der Waals surface area (Å²) in [5.74, 6) is -2.77. The van der Waals surface area contributed by atoms with Gasteiger partial charge >= 0.3 is 17.9 Å². The first-order valence-corrected chi connectivity index (χ1v) is 9.75. The molecule has 0 heterocycles. The predicted molar refractivity (Wildman–Crippen MR) is 129 cm³/mol. The number of carboxylic acid groups (broad SMARTS) is 3. The largest absolute Gasteiger partial charge is 0.478 e. The molecule has 175 valence electrons. The number of carbonyl (C=O) groups is 3. The van der Waals surface area contributed by atoms with Crippen LogP contribution in [0.25, 0.3) is 18.2 Å². The minimum atomic E-state index is -0.922. The summed E-state index contributed by atoms with van der Waals surface area (Å²) in [6.45, 7) is 0. The van der Waals surface area contributed by atoms with Crippen LogP contribution < -0.4 is 0 Å². The number of rotatable bonds is 6. The van der Waals surface area contributed by atoms with Crippen LogP contribution in [0.3, 0.4) is 0 Å². The molecule has 1 radical (unpaired) electrons. The van der Waals surface area contributed by atoms with E-state index in [9.17, 15) is 14.4 Å². The molecule has 34 heavy (non-hydrogen) atoms. The molecule has 0 aliphatic heterocycles. The third-order valence-corrected chi connectivity index (χ3v) is 3.65. The Hall–Kier alpha value is -3.13. The van der Waals surface area contributed by atoms with Crippen LogP contribution in [0.2, 0.25) is 0 Å². The summed E-state index contributed by atoms with van der Waals surface area (Å²) in [5, 5.41) is 24.9. The van der Waals surface area contributed by atoms with Crippen LogP contribution in [0.4, 0.5) is 0 Å². The first kappa shape index (κ1) is 30.9. The number of hydrogen-bond donors (Lipinski definition) is 3. The summed E-state index contributed by atoms with van der Waals surface area (Å²) >= 11 is 0. The first-order valence-electron chi connectivity index (χ1n) is 9.75. The van der Waals surface area contributed by atoms with E-state index in [1.165, 1.54) is 0 Å². The summed E-state index contributed by atoms with van der Waals surface area (Å²) < 4.78 is 0. The van der Waals surface area contributed by atoms with Gasteiger partial charge in [-0.25, -0.2) is 14.4 Å². The van der Waals surface area contributed by atoms with Crippen molar-refractivity contribution in [2.75, 3.05) is 0 Å². The molecular weight excluding hydrogens is 572 g/mol. The second-order valence-electron chi connectivity index (χ2n) is 6.25. The quantitative estimate of drug-likeness (QED) is 0.331. The molecule has 0 atom stereocenters. The zero-order chi connectivity index (χ0) is 24.3. The van der Waals surface area contributed by atoms with E-state index in [4.69, 9.17) is 15.3 Å². The number of hydrogen-bond acceptors (Lipinski definition) is 3. The van der Waals surface area contributed by atoms with Crippen molar-refractivity contribution in [2.45, 2.75) is 0 Å². The van der Waals surface area contributed by atoms with Gasteiger partial charge in [-0.3, -0.25) is 0 Å². The Morgan fingerprint density at radius 3 is 0.824 bits per heavy atom. The molecular formula is C27H24EuO6. The van der Waals surface area contributed by atoms with Gasteiger partial charge in [0.25, 0.3) is 0 Å². The van der Waals surface area contributed by atoms with E-state index in [0.29, 0.717) is 0 Å². The van der Waals surface area contributed by atoms with E-state index < -0.39 is 17.9 Å². The number of benzene rings is 3. The van der Waals surface area contributed by atoms with E-state index in [-0.39, 0.29) is 49.4 Å². The Labute approximate surface area is 239 Å². The first-order chi connectivity index (χ1) is 15.9. The molecule has 0 unspecified atom stereocenters. The standard InChI is InChI=1S/3C9H8O2.Eu/c3*10-9(11)7-6-8-4-2-1-3-5-8;/h3*1-7H,(H,10,11);. The topological polar surface area (TPSA) is 112 Å². The molecule has 0 aliphatic carbocycles. The molecule has 0 aromatic heterocycles. The molecule has 0 spiro atoms. The van der Waals surface area contributed by atoms with Gasteiger partial charge in [-0.05, 0) is 34.9 Å². The van der Waals surface area contributed by atoms with Crippen LogP contribution in [0.1, 0.15) is 16.7 Å². The fourth-order valence-corrected chi connectivity index (χ4v) is 2.19. The molecule has 3 N–H and O–H groups in total. The molecule has 0 saturated heterocycles. The molecule has 7 heteroatoms. The zero-order valence-corrected chi connectivity index (χ0v) is 20.5. The van der Waals surface area contributed by atoms with Crippen molar-refractivity contribution in [2.24, 2.45) is 0 Å². The van der Waals surface area contributed by atoms with Gasteiger partial charge in [-0.2, -0.15) is 0 Å². The van der Waals surface area contributed by atoms with Crippen molar-refractivity contribution in [1.82, 2.24) is 0 Å².